The lowest BCUT2D eigenvalue weighted by Gasteiger charge is -2.32. The van der Waals surface area contributed by atoms with Crippen LogP contribution in [0.5, 0.6) is 11.5 Å². The van der Waals surface area contributed by atoms with Crippen LogP contribution in [-0.4, -0.2) is 58.5 Å². The van der Waals surface area contributed by atoms with Gasteiger partial charge in [0.2, 0.25) is 11.8 Å². The summed E-state index contributed by atoms with van der Waals surface area (Å²) in [4.78, 5) is 28.4. The first-order chi connectivity index (χ1) is 19.5. The molecule has 0 heterocycles. The van der Waals surface area contributed by atoms with Crippen molar-refractivity contribution in [2.24, 2.45) is 0 Å². The summed E-state index contributed by atoms with van der Waals surface area (Å²) >= 11 is 6.19. The van der Waals surface area contributed by atoms with Crippen LogP contribution in [0.15, 0.2) is 71.6 Å². The number of nitrogens with one attached hydrogen (secondary N) is 1. The number of anilines is 1. The fourth-order valence-corrected chi connectivity index (χ4v) is 5.78. The van der Waals surface area contributed by atoms with E-state index in [-0.39, 0.29) is 28.8 Å². The van der Waals surface area contributed by atoms with Crippen LogP contribution in [0.25, 0.3) is 0 Å². The van der Waals surface area contributed by atoms with Gasteiger partial charge in [0.1, 0.15) is 24.1 Å². The molecule has 0 radical (unpaired) electrons. The number of carbonyl (C=O) groups is 2. The number of halogens is 1. The Hall–Kier alpha value is -3.76. The first kappa shape index (κ1) is 31.8. The predicted octanol–water partition coefficient (Wildman–Crippen LogP) is 4.80. The zero-order chi connectivity index (χ0) is 30.2. The second-order valence-corrected chi connectivity index (χ2v) is 11.8. The number of ether oxygens (including phenoxy) is 2. The average Bonchev–Trinajstić information content (AvgIpc) is 2.96. The summed E-state index contributed by atoms with van der Waals surface area (Å²) in [5, 5.41) is 3.29. The molecule has 9 nitrogen and oxygen atoms in total. The van der Waals surface area contributed by atoms with Gasteiger partial charge in [0, 0.05) is 24.2 Å². The number of methoxy groups -OCH3 is 2. The molecule has 0 bridgehead atoms. The highest BCUT2D eigenvalue weighted by Gasteiger charge is 2.34. The van der Waals surface area contributed by atoms with Gasteiger partial charge in [-0.15, -0.1) is 0 Å². The van der Waals surface area contributed by atoms with Crippen LogP contribution < -0.4 is 19.1 Å². The zero-order valence-corrected chi connectivity index (χ0v) is 25.5. The van der Waals surface area contributed by atoms with E-state index in [1.54, 1.807) is 55.5 Å². The molecule has 0 spiro atoms. The molecule has 0 fully saturated rings. The van der Waals surface area contributed by atoms with Crippen molar-refractivity contribution in [3.05, 3.63) is 82.9 Å². The maximum atomic E-state index is 14.1. The Morgan fingerprint density at radius 3 is 2.32 bits per heavy atom. The van der Waals surface area contributed by atoms with E-state index in [4.69, 9.17) is 21.1 Å². The van der Waals surface area contributed by atoms with Crippen molar-refractivity contribution < 1.29 is 27.5 Å². The maximum absolute atomic E-state index is 14.1. The highest BCUT2D eigenvalue weighted by molar-refractivity contribution is 7.92. The van der Waals surface area contributed by atoms with Gasteiger partial charge in [-0.05, 0) is 62.2 Å². The Labute approximate surface area is 247 Å². The number of hydrogen-bond acceptors (Lipinski definition) is 6. The van der Waals surface area contributed by atoms with E-state index in [2.05, 4.69) is 5.32 Å². The van der Waals surface area contributed by atoms with E-state index in [0.717, 1.165) is 16.3 Å². The fraction of sp³-hybridized carbons (Fsp3) is 0.333. The predicted molar refractivity (Wildman–Crippen MR) is 160 cm³/mol. The third kappa shape index (κ3) is 7.92. The van der Waals surface area contributed by atoms with Crippen molar-refractivity contribution >= 4 is 39.1 Å². The summed E-state index contributed by atoms with van der Waals surface area (Å²) in [6.45, 7) is 5.26. The molecule has 2 amide bonds. The van der Waals surface area contributed by atoms with Gasteiger partial charge in [-0.2, -0.15) is 0 Å². The number of hydrogen-bond donors (Lipinski definition) is 1. The molecule has 41 heavy (non-hydrogen) atoms. The maximum Gasteiger partial charge on any atom is 0.264 e. The lowest BCUT2D eigenvalue weighted by molar-refractivity contribution is -0.139. The second-order valence-electron chi connectivity index (χ2n) is 9.48. The van der Waals surface area contributed by atoms with Crippen molar-refractivity contribution in [3.8, 4) is 11.5 Å². The number of nitrogens with zero attached hydrogens (tertiary/aromatic N) is 2. The van der Waals surface area contributed by atoms with E-state index in [0.29, 0.717) is 22.9 Å². The molecule has 1 N–H and O–H groups in total. The minimum Gasteiger partial charge on any atom is -0.497 e. The minimum absolute atomic E-state index is 0.00379. The van der Waals surface area contributed by atoms with Gasteiger partial charge in [0.25, 0.3) is 10.0 Å². The van der Waals surface area contributed by atoms with Crippen LogP contribution >= 0.6 is 11.6 Å². The molecule has 3 rings (SSSR count). The molecule has 220 valence electrons. The van der Waals surface area contributed by atoms with Crippen LogP contribution in [-0.2, 0) is 26.2 Å². The van der Waals surface area contributed by atoms with E-state index >= 15 is 0 Å². The number of carbonyl (C=O) groups excluding carboxylic acids is 2. The monoisotopic (exact) mass is 601 g/mol. The Kier molecular flexibility index (Phi) is 11.0. The molecular formula is C30H36ClN3O6S. The molecular weight excluding hydrogens is 566 g/mol. The van der Waals surface area contributed by atoms with Gasteiger partial charge in [-0.1, -0.05) is 48.4 Å². The first-order valence-electron chi connectivity index (χ1n) is 13.1. The third-order valence-corrected chi connectivity index (χ3v) is 8.51. The topological polar surface area (TPSA) is 105 Å². The van der Waals surface area contributed by atoms with Gasteiger partial charge in [0.05, 0.1) is 24.8 Å². The summed E-state index contributed by atoms with van der Waals surface area (Å²) in [5.41, 5.74) is 1.68. The lowest BCUT2D eigenvalue weighted by Crippen LogP contribution is -2.51. The van der Waals surface area contributed by atoms with Gasteiger partial charge in [0.15, 0.2) is 0 Å². The molecule has 0 unspecified atom stereocenters. The standard InChI is InChI=1S/C30H36ClN3O6S/c1-6-16-32-30(36)22(3)33(19-23-8-7-9-24(31)17-23)29(35)20-34(27-18-25(39-4)12-15-28(27)40-5)41(37,38)26-13-10-21(2)11-14-26/h7-15,17-18,22H,6,16,19-20H2,1-5H3,(H,32,36)/t22-/m1/s1. The summed E-state index contributed by atoms with van der Waals surface area (Å²) in [6, 6.07) is 17.1. The van der Waals surface area contributed by atoms with E-state index in [1.807, 2.05) is 13.8 Å². The molecule has 0 aromatic heterocycles. The van der Waals surface area contributed by atoms with Gasteiger partial charge < -0.3 is 19.7 Å². The number of aryl methyl sites for hydroxylation is 1. The van der Waals surface area contributed by atoms with Gasteiger partial charge in [-0.25, -0.2) is 8.42 Å². The van der Waals surface area contributed by atoms with Crippen LogP contribution in [0.4, 0.5) is 5.69 Å². The second kappa shape index (κ2) is 14.2. The zero-order valence-electron chi connectivity index (χ0n) is 23.9. The Bertz CT molecular complexity index is 1460. The minimum atomic E-state index is -4.27. The molecule has 1 atom stereocenters. The number of amides is 2. The summed E-state index contributed by atoms with van der Waals surface area (Å²) in [6.07, 6.45) is 0.721. The Morgan fingerprint density at radius 2 is 1.71 bits per heavy atom. The van der Waals surface area contributed by atoms with Crippen molar-refractivity contribution in [1.82, 2.24) is 10.2 Å². The largest absolute Gasteiger partial charge is 0.497 e. The van der Waals surface area contributed by atoms with Gasteiger partial charge >= 0.3 is 0 Å². The third-order valence-electron chi connectivity index (χ3n) is 6.50. The molecule has 3 aromatic rings. The normalized spacial score (nSPS) is 11.9. The van der Waals surface area contributed by atoms with E-state index in [9.17, 15) is 18.0 Å². The van der Waals surface area contributed by atoms with Crippen molar-refractivity contribution in [3.63, 3.8) is 0 Å². The van der Waals surface area contributed by atoms with Crippen molar-refractivity contribution in [2.75, 3.05) is 31.6 Å². The van der Waals surface area contributed by atoms with E-state index in [1.165, 1.54) is 37.3 Å². The molecule has 0 aliphatic carbocycles. The highest BCUT2D eigenvalue weighted by Crippen LogP contribution is 2.36. The summed E-state index contributed by atoms with van der Waals surface area (Å²) in [5.74, 6) is -0.344. The SMILES string of the molecule is CCCNC(=O)[C@@H](C)N(Cc1cccc(Cl)c1)C(=O)CN(c1cc(OC)ccc1OC)S(=O)(=O)c1ccc(C)cc1. The van der Waals surface area contributed by atoms with Crippen LogP contribution in [0.2, 0.25) is 5.02 Å². The van der Waals surface area contributed by atoms with Crippen LogP contribution in [0.1, 0.15) is 31.4 Å². The summed E-state index contributed by atoms with van der Waals surface area (Å²) in [7, 11) is -1.40. The Morgan fingerprint density at radius 1 is 1.00 bits per heavy atom. The van der Waals surface area contributed by atoms with E-state index < -0.39 is 28.5 Å². The van der Waals surface area contributed by atoms with Gasteiger partial charge in [-0.3, -0.25) is 13.9 Å². The number of sulfonamides is 1. The molecule has 0 aliphatic rings. The van der Waals surface area contributed by atoms with Crippen LogP contribution in [0, 0.1) is 6.92 Å². The molecule has 0 saturated carbocycles. The quantitative estimate of drug-likeness (QED) is 0.302. The van der Waals surface area contributed by atoms with Crippen molar-refractivity contribution in [1.29, 1.82) is 0 Å². The molecule has 3 aromatic carbocycles. The average molecular weight is 602 g/mol. The number of benzene rings is 3. The number of rotatable bonds is 13. The highest BCUT2D eigenvalue weighted by atomic mass is 35.5. The first-order valence-corrected chi connectivity index (χ1v) is 15.0. The smallest absolute Gasteiger partial charge is 0.264 e. The fourth-order valence-electron chi connectivity index (χ4n) is 4.15. The lowest BCUT2D eigenvalue weighted by atomic mass is 10.1. The van der Waals surface area contributed by atoms with Crippen molar-refractivity contribution in [2.45, 2.75) is 44.7 Å². The molecule has 0 saturated heterocycles. The molecule has 11 heteroatoms. The molecule has 0 aliphatic heterocycles. The Balaban J connectivity index is 2.11. The summed E-state index contributed by atoms with van der Waals surface area (Å²) < 4.78 is 40.0. The van der Waals surface area contributed by atoms with Crippen LogP contribution in [0.3, 0.4) is 0 Å².